The molecule has 21 heavy (non-hydrogen) atoms. The molecule has 0 aliphatic carbocycles. The van der Waals surface area contributed by atoms with Crippen molar-refractivity contribution in [2.24, 2.45) is 5.92 Å². The van der Waals surface area contributed by atoms with Crippen molar-refractivity contribution >= 4 is 0 Å². The van der Waals surface area contributed by atoms with Crippen molar-refractivity contribution in [3.63, 3.8) is 0 Å². The fourth-order valence-corrected chi connectivity index (χ4v) is 2.30. The lowest BCUT2D eigenvalue weighted by atomic mass is 10.2. The van der Waals surface area contributed by atoms with Gasteiger partial charge in [0.25, 0.3) is 0 Å². The molecule has 0 aliphatic heterocycles. The summed E-state index contributed by atoms with van der Waals surface area (Å²) in [6, 6.07) is 14.7. The lowest BCUT2D eigenvalue weighted by Crippen LogP contribution is -2.18. The van der Waals surface area contributed by atoms with Crippen molar-refractivity contribution in [1.82, 2.24) is 10.2 Å². The van der Waals surface area contributed by atoms with Crippen molar-refractivity contribution in [3.05, 3.63) is 59.5 Å². The molecule has 0 bridgehead atoms. The van der Waals surface area contributed by atoms with Gasteiger partial charge in [-0.05, 0) is 37.2 Å². The first-order valence-corrected chi connectivity index (χ1v) is 7.64. The van der Waals surface area contributed by atoms with Gasteiger partial charge in [0.05, 0.1) is 13.1 Å². The van der Waals surface area contributed by atoms with Gasteiger partial charge in [0.1, 0.15) is 11.5 Å². The van der Waals surface area contributed by atoms with Crippen molar-refractivity contribution in [3.8, 4) is 0 Å². The third-order valence-electron chi connectivity index (χ3n) is 3.29. The monoisotopic (exact) mass is 286 g/mol. The molecule has 0 radical (unpaired) electrons. The maximum absolute atomic E-state index is 5.87. The van der Waals surface area contributed by atoms with Gasteiger partial charge in [0.15, 0.2) is 0 Å². The highest BCUT2D eigenvalue weighted by molar-refractivity contribution is 5.14. The van der Waals surface area contributed by atoms with E-state index >= 15 is 0 Å². The predicted molar refractivity (Wildman–Crippen MR) is 86.9 cm³/mol. The van der Waals surface area contributed by atoms with Crippen LogP contribution in [0.25, 0.3) is 0 Å². The molecule has 0 atom stereocenters. The Morgan fingerprint density at radius 1 is 1.00 bits per heavy atom. The summed E-state index contributed by atoms with van der Waals surface area (Å²) in [4.78, 5) is 2.26. The minimum atomic E-state index is 0.663. The van der Waals surface area contributed by atoms with Gasteiger partial charge in [0.2, 0.25) is 0 Å². The molecule has 0 fully saturated rings. The maximum atomic E-state index is 5.87. The van der Waals surface area contributed by atoms with Crippen LogP contribution in [0, 0.1) is 5.92 Å². The summed E-state index contributed by atoms with van der Waals surface area (Å²) in [7, 11) is 2.12. The fraction of sp³-hybridized carbons (Fsp3) is 0.444. The second-order valence-electron chi connectivity index (χ2n) is 6.05. The predicted octanol–water partition coefficient (Wildman–Crippen LogP) is 3.66. The minimum absolute atomic E-state index is 0.663. The van der Waals surface area contributed by atoms with Crippen molar-refractivity contribution in [2.75, 3.05) is 13.6 Å². The lowest BCUT2D eigenvalue weighted by Gasteiger charge is -2.15. The number of rotatable bonds is 8. The Balaban J connectivity index is 1.79. The lowest BCUT2D eigenvalue weighted by molar-refractivity contribution is 0.282. The van der Waals surface area contributed by atoms with Crippen LogP contribution in [0.15, 0.2) is 46.9 Å². The summed E-state index contributed by atoms with van der Waals surface area (Å²) in [5, 5.41) is 3.40. The number of hydrogen-bond acceptors (Lipinski definition) is 3. The molecule has 2 aromatic rings. The summed E-state index contributed by atoms with van der Waals surface area (Å²) >= 11 is 0. The Morgan fingerprint density at radius 2 is 1.71 bits per heavy atom. The molecular formula is C18H26N2O. The fourth-order valence-electron chi connectivity index (χ4n) is 2.30. The summed E-state index contributed by atoms with van der Waals surface area (Å²) in [5.74, 6) is 2.70. The highest BCUT2D eigenvalue weighted by Crippen LogP contribution is 2.12. The minimum Gasteiger partial charge on any atom is -0.463 e. The van der Waals surface area contributed by atoms with E-state index in [1.807, 2.05) is 6.07 Å². The van der Waals surface area contributed by atoms with Crippen molar-refractivity contribution in [2.45, 2.75) is 33.5 Å². The number of nitrogens with one attached hydrogen (secondary N) is 1. The quantitative estimate of drug-likeness (QED) is 0.803. The van der Waals surface area contributed by atoms with Gasteiger partial charge in [0, 0.05) is 6.54 Å². The Kier molecular flexibility index (Phi) is 6.03. The number of nitrogens with zero attached hydrogens (tertiary/aromatic N) is 1. The van der Waals surface area contributed by atoms with Crippen LogP contribution in [0.1, 0.15) is 30.9 Å². The molecule has 0 saturated heterocycles. The molecule has 0 saturated carbocycles. The van der Waals surface area contributed by atoms with Gasteiger partial charge >= 0.3 is 0 Å². The van der Waals surface area contributed by atoms with E-state index in [0.717, 1.165) is 37.7 Å². The Hall–Kier alpha value is -1.58. The summed E-state index contributed by atoms with van der Waals surface area (Å²) in [6.45, 7) is 8.00. The van der Waals surface area contributed by atoms with Crippen LogP contribution < -0.4 is 5.32 Å². The first-order chi connectivity index (χ1) is 10.1. The normalized spacial score (nSPS) is 11.5. The molecule has 1 N–H and O–H groups in total. The van der Waals surface area contributed by atoms with Gasteiger partial charge in [-0.2, -0.15) is 0 Å². The van der Waals surface area contributed by atoms with E-state index in [1.165, 1.54) is 5.56 Å². The molecule has 1 aromatic carbocycles. The third-order valence-corrected chi connectivity index (χ3v) is 3.29. The van der Waals surface area contributed by atoms with E-state index in [9.17, 15) is 0 Å². The van der Waals surface area contributed by atoms with Crippen LogP contribution >= 0.6 is 0 Å². The molecule has 1 aromatic heterocycles. The van der Waals surface area contributed by atoms with Gasteiger partial charge < -0.3 is 9.73 Å². The summed E-state index contributed by atoms with van der Waals surface area (Å²) < 4.78 is 5.87. The van der Waals surface area contributed by atoms with Crippen molar-refractivity contribution < 1.29 is 4.42 Å². The number of hydrogen-bond donors (Lipinski definition) is 1. The first-order valence-electron chi connectivity index (χ1n) is 7.64. The van der Waals surface area contributed by atoms with E-state index in [2.05, 4.69) is 67.5 Å². The number of benzene rings is 1. The van der Waals surface area contributed by atoms with Crippen molar-refractivity contribution in [1.29, 1.82) is 0 Å². The van der Waals surface area contributed by atoms with Crippen LogP contribution in [0.4, 0.5) is 0 Å². The highest BCUT2D eigenvalue weighted by Gasteiger charge is 2.06. The molecular weight excluding hydrogens is 260 g/mol. The Bertz CT molecular complexity index is 519. The van der Waals surface area contributed by atoms with Crippen LogP contribution in [0.5, 0.6) is 0 Å². The zero-order valence-corrected chi connectivity index (χ0v) is 13.3. The zero-order chi connectivity index (χ0) is 15.1. The van der Waals surface area contributed by atoms with E-state index in [4.69, 9.17) is 4.42 Å². The van der Waals surface area contributed by atoms with Gasteiger partial charge in [-0.3, -0.25) is 4.90 Å². The second kappa shape index (κ2) is 8.01. The van der Waals surface area contributed by atoms with Crippen LogP contribution in [-0.2, 0) is 19.6 Å². The molecule has 0 aliphatic rings. The standard InChI is InChI=1S/C18H26N2O/c1-15(2)11-19-12-17-9-10-18(21-17)14-20(3)13-16-7-5-4-6-8-16/h4-10,15,19H,11-14H2,1-3H3. The SMILES string of the molecule is CC(C)CNCc1ccc(CN(C)Cc2ccccc2)o1. The van der Waals surface area contributed by atoms with Gasteiger partial charge in [-0.15, -0.1) is 0 Å². The van der Waals surface area contributed by atoms with E-state index in [1.54, 1.807) is 0 Å². The van der Waals surface area contributed by atoms with Crippen LogP contribution in [-0.4, -0.2) is 18.5 Å². The summed E-state index contributed by atoms with van der Waals surface area (Å²) in [6.07, 6.45) is 0. The summed E-state index contributed by atoms with van der Waals surface area (Å²) in [5.41, 5.74) is 1.32. The number of furan rings is 1. The topological polar surface area (TPSA) is 28.4 Å². The largest absolute Gasteiger partial charge is 0.463 e. The third kappa shape index (κ3) is 5.74. The molecule has 0 unspecified atom stereocenters. The van der Waals surface area contributed by atoms with Gasteiger partial charge in [-0.1, -0.05) is 44.2 Å². The van der Waals surface area contributed by atoms with E-state index in [0.29, 0.717) is 5.92 Å². The average molecular weight is 286 g/mol. The molecule has 0 amide bonds. The molecule has 3 nitrogen and oxygen atoms in total. The van der Waals surface area contributed by atoms with E-state index < -0.39 is 0 Å². The molecule has 1 heterocycles. The van der Waals surface area contributed by atoms with E-state index in [-0.39, 0.29) is 0 Å². The van der Waals surface area contributed by atoms with Gasteiger partial charge in [-0.25, -0.2) is 0 Å². The Labute approximate surface area is 128 Å². The first kappa shape index (κ1) is 15.8. The zero-order valence-electron chi connectivity index (χ0n) is 13.3. The Morgan fingerprint density at radius 3 is 2.43 bits per heavy atom. The maximum Gasteiger partial charge on any atom is 0.118 e. The smallest absolute Gasteiger partial charge is 0.118 e. The molecule has 0 spiro atoms. The second-order valence-corrected chi connectivity index (χ2v) is 6.05. The average Bonchev–Trinajstić information content (AvgIpc) is 2.86. The molecule has 114 valence electrons. The van der Waals surface area contributed by atoms with Crippen LogP contribution in [0.3, 0.4) is 0 Å². The highest BCUT2D eigenvalue weighted by atomic mass is 16.3. The molecule has 2 rings (SSSR count). The molecule has 3 heteroatoms. The van der Waals surface area contributed by atoms with Crippen LogP contribution in [0.2, 0.25) is 0 Å².